The zero-order valence-electron chi connectivity index (χ0n) is 19.1. The normalized spacial score (nSPS) is 14.6. The molecule has 1 heterocycles. The maximum absolute atomic E-state index is 13.8. The Balaban J connectivity index is 1.79. The zero-order chi connectivity index (χ0) is 23.2. The molecule has 6 heteroatoms. The molecular weight excluding hydrogens is 432 g/mol. The van der Waals surface area contributed by atoms with Crippen LogP contribution >= 0.6 is 11.3 Å². The van der Waals surface area contributed by atoms with Crippen molar-refractivity contribution in [3.8, 4) is 5.75 Å². The van der Waals surface area contributed by atoms with Crippen LogP contribution in [0.25, 0.3) is 0 Å². The Morgan fingerprint density at radius 1 is 1.09 bits per heavy atom. The van der Waals surface area contributed by atoms with Gasteiger partial charge >= 0.3 is 0 Å². The van der Waals surface area contributed by atoms with Gasteiger partial charge in [-0.1, -0.05) is 49.2 Å². The highest BCUT2D eigenvalue weighted by atomic mass is 32.1. The molecule has 33 heavy (non-hydrogen) atoms. The number of benzene rings is 2. The van der Waals surface area contributed by atoms with Crippen LogP contribution in [0.5, 0.6) is 5.75 Å². The van der Waals surface area contributed by atoms with Crippen LogP contribution in [0.15, 0.2) is 66.0 Å². The second kappa shape index (κ2) is 10.7. The number of aryl methyl sites for hydroxylation is 1. The van der Waals surface area contributed by atoms with E-state index in [4.69, 9.17) is 4.74 Å². The monoisotopic (exact) mass is 462 g/mol. The predicted molar refractivity (Wildman–Crippen MR) is 133 cm³/mol. The lowest BCUT2D eigenvalue weighted by molar-refractivity contribution is -0.127. The second-order valence-corrected chi connectivity index (χ2v) is 9.50. The molecule has 2 amide bonds. The van der Waals surface area contributed by atoms with Gasteiger partial charge in [-0.2, -0.15) is 0 Å². The van der Waals surface area contributed by atoms with Crippen molar-refractivity contribution in [1.29, 1.82) is 0 Å². The molecule has 1 aliphatic rings. The SMILES string of the molecule is COc1cccc(N(C(=O)Cc2cccs2)[C@@H](C(=O)NC2CCCC2)c2ccccc2C)c1. The molecule has 3 aromatic rings. The lowest BCUT2D eigenvalue weighted by Gasteiger charge is -2.33. The van der Waals surface area contributed by atoms with E-state index in [-0.39, 0.29) is 24.3 Å². The standard InChI is InChI=1S/C27H30N2O3S/c1-19-9-3-6-15-24(19)26(27(31)28-20-10-4-5-11-20)29(21-12-7-13-22(17-21)32-2)25(30)18-23-14-8-16-33-23/h3,6-9,12-17,20,26H,4-5,10-11,18H2,1-2H3,(H,28,31)/t26-/m1/s1. The number of hydrogen-bond donors (Lipinski definition) is 1. The number of ether oxygens (including phenoxy) is 1. The first-order valence-electron chi connectivity index (χ1n) is 11.4. The van der Waals surface area contributed by atoms with Crippen molar-refractivity contribution < 1.29 is 14.3 Å². The maximum atomic E-state index is 13.8. The van der Waals surface area contributed by atoms with E-state index in [1.54, 1.807) is 23.3 Å². The molecule has 1 atom stereocenters. The van der Waals surface area contributed by atoms with E-state index in [1.807, 2.05) is 73.0 Å². The number of rotatable bonds is 8. The smallest absolute Gasteiger partial charge is 0.248 e. The van der Waals surface area contributed by atoms with Gasteiger partial charge in [0.1, 0.15) is 11.8 Å². The molecule has 0 bridgehead atoms. The van der Waals surface area contributed by atoms with E-state index < -0.39 is 6.04 Å². The zero-order valence-corrected chi connectivity index (χ0v) is 19.9. The summed E-state index contributed by atoms with van der Waals surface area (Å²) in [6, 6.07) is 18.5. The molecule has 4 rings (SSSR count). The second-order valence-electron chi connectivity index (χ2n) is 8.47. The Morgan fingerprint density at radius 3 is 2.58 bits per heavy atom. The summed E-state index contributed by atoms with van der Waals surface area (Å²) in [6.07, 6.45) is 4.44. The average molecular weight is 463 g/mol. The molecule has 1 saturated carbocycles. The Bertz CT molecular complexity index is 1090. The summed E-state index contributed by atoms with van der Waals surface area (Å²) in [5.41, 5.74) is 2.45. The van der Waals surface area contributed by atoms with Crippen LogP contribution in [0.2, 0.25) is 0 Å². The lowest BCUT2D eigenvalue weighted by Crippen LogP contribution is -2.47. The molecule has 5 nitrogen and oxygen atoms in total. The van der Waals surface area contributed by atoms with Gasteiger partial charge in [-0.3, -0.25) is 14.5 Å². The van der Waals surface area contributed by atoms with E-state index in [9.17, 15) is 9.59 Å². The fourth-order valence-corrected chi connectivity index (χ4v) is 5.18. The maximum Gasteiger partial charge on any atom is 0.248 e. The Morgan fingerprint density at radius 2 is 1.88 bits per heavy atom. The topological polar surface area (TPSA) is 58.6 Å². The van der Waals surface area contributed by atoms with Gasteiger partial charge in [-0.15, -0.1) is 11.3 Å². The molecule has 1 aromatic heterocycles. The van der Waals surface area contributed by atoms with E-state index in [0.29, 0.717) is 11.4 Å². The van der Waals surface area contributed by atoms with Crippen LogP contribution in [0.3, 0.4) is 0 Å². The highest BCUT2D eigenvalue weighted by Gasteiger charge is 2.35. The fraction of sp³-hybridized carbons (Fsp3) is 0.333. The van der Waals surface area contributed by atoms with Crippen LogP contribution in [-0.2, 0) is 16.0 Å². The Labute approximate surface area is 199 Å². The number of nitrogens with zero attached hydrogens (tertiary/aromatic N) is 1. The number of hydrogen-bond acceptors (Lipinski definition) is 4. The van der Waals surface area contributed by atoms with Gasteiger partial charge in [-0.05, 0) is 54.5 Å². The summed E-state index contributed by atoms with van der Waals surface area (Å²) in [6.45, 7) is 1.98. The lowest BCUT2D eigenvalue weighted by atomic mass is 9.97. The van der Waals surface area contributed by atoms with E-state index in [1.165, 1.54) is 0 Å². The third kappa shape index (κ3) is 5.45. The van der Waals surface area contributed by atoms with Gasteiger partial charge in [0, 0.05) is 22.7 Å². The average Bonchev–Trinajstić information content (AvgIpc) is 3.52. The van der Waals surface area contributed by atoms with Gasteiger partial charge in [0.2, 0.25) is 11.8 Å². The van der Waals surface area contributed by atoms with Crippen molar-refractivity contribution in [2.24, 2.45) is 0 Å². The van der Waals surface area contributed by atoms with E-state index >= 15 is 0 Å². The van der Waals surface area contributed by atoms with Crippen molar-refractivity contribution in [3.63, 3.8) is 0 Å². The third-order valence-corrected chi connectivity index (χ3v) is 7.07. The van der Waals surface area contributed by atoms with Gasteiger partial charge < -0.3 is 10.1 Å². The summed E-state index contributed by atoms with van der Waals surface area (Å²) >= 11 is 1.54. The molecule has 0 radical (unpaired) electrons. The molecule has 0 unspecified atom stereocenters. The number of nitrogens with one attached hydrogen (secondary N) is 1. The summed E-state index contributed by atoms with van der Waals surface area (Å²) in [5, 5.41) is 5.20. The summed E-state index contributed by atoms with van der Waals surface area (Å²) < 4.78 is 5.43. The molecule has 1 fully saturated rings. The number of carbonyl (C=O) groups is 2. The molecule has 2 aromatic carbocycles. The highest BCUT2D eigenvalue weighted by Crippen LogP contribution is 2.33. The van der Waals surface area contributed by atoms with Crippen LogP contribution < -0.4 is 15.0 Å². The van der Waals surface area contributed by atoms with Crippen LogP contribution in [-0.4, -0.2) is 25.0 Å². The Kier molecular flexibility index (Phi) is 7.45. The van der Waals surface area contributed by atoms with Crippen LogP contribution in [0.4, 0.5) is 5.69 Å². The Hall–Kier alpha value is -3.12. The molecule has 172 valence electrons. The predicted octanol–water partition coefficient (Wildman–Crippen LogP) is 5.44. The van der Waals surface area contributed by atoms with Crippen molar-refractivity contribution in [2.75, 3.05) is 12.0 Å². The summed E-state index contributed by atoms with van der Waals surface area (Å²) in [5.74, 6) is 0.375. The van der Waals surface area contributed by atoms with Crippen LogP contribution in [0.1, 0.15) is 47.7 Å². The van der Waals surface area contributed by atoms with Crippen molar-refractivity contribution in [2.45, 2.75) is 51.1 Å². The van der Waals surface area contributed by atoms with E-state index in [2.05, 4.69) is 5.32 Å². The number of carbonyl (C=O) groups excluding carboxylic acids is 2. The number of anilines is 1. The molecular formula is C27H30N2O3S. The highest BCUT2D eigenvalue weighted by molar-refractivity contribution is 7.10. The van der Waals surface area contributed by atoms with Crippen molar-refractivity contribution in [3.05, 3.63) is 82.0 Å². The summed E-state index contributed by atoms with van der Waals surface area (Å²) in [7, 11) is 1.60. The number of methoxy groups -OCH3 is 1. The minimum absolute atomic E-state index is 0.125. The molecule has 0 aliphatic heterocycles. The minimum Gasteiger partial charge on any atom is -0.497 e. The van der Waals surface area contributed by atoms with Gasteiger partial charge in [0.25, 0.3) is 0 Å². The van der Waals surface area contributed by atoms with Gasteiger partial charge in [-0.25, -0.2) is 0 Å². The van der Waals surface area contributed by atoms with Gasteiger partial charge in [0.05, 0.1) is 13.5 Å². The fourth-order valence-electron chi connectivity index (χ4n) is 4.49. The van der Waals surface area contributed by atoms with Gasteiger partial charge in [0.15, 0.2) is 0 Å². The minimum atomic E-state index is -0.772. The quantitative estimate of drug-likeness (QED) is 0.485. The first-order valence-corrected chi connectivity index (χ1v) is 12.3. The largest absolute Gasteiger partial charge is 0.497 e. The number of amides is 2. The first kappa shape index (κ1) is 23.1. The van der Waals surface area contributed by atoms with Crippen LogP contribution in [0, 0.1) is 6.92 Å². The summed E-state index contributed by atoms with van der Waals surface area (Å²) in [4.78, 5) is 30.2. The molecule has 0 spiro atoms. The molecule has 0 saturated heterocycles. The number of thiophene rings is 1. The van der Waals surface area contributed by atoms with Crippen molar-refractivity contribution >= 4 is 28.8 Å². The molecule has 1 aliphatic carbocycles. The van der Waals surface area contributed by atoms with Crippen molar-refractivity contribution in [1.82, 2.24) is 5.32 Å². The molecule has 1 N–H and O–H groups in total. The third-order valence-electron chi connectivity index (χ3n) is 6.20. The van der Waals surface area contributed by atoms with E-state index in [0.717, 1.165) is 41.7 Å². The first-order chi connectivity index (χ1) is 16.1.